The summed E-state index contributed by atoms with van der Waals surface area (Å²) in [5, 5.41) is 18.6. The second-order valence-electron chi connectivity index (χ2n) is 8.09. The molecule has 3 rings (SSSR count). The van der Waals surface area contributed by atoms with Crippen LogP contribution >= 0.6 is 0 Å². The molecule has 1 heterocycles. The molecule has 9 heteroatoms. The Bertz CT molecular complexity index is 615. The zero-order valence-corrected chi connectivity index (χ0v) is 15.6. The minimum Gasteiger partial charge on any atom is -0.381 e. The first-order valence-corrected chi connectivity index (χ1v) is 9.63. The third kappa shape index (κ3) is 4.23. The lowest BCUT2D eigenvalue weighted by Crippen LogP contribution is -2.69. The summed E-state index contributed by atoms with van der Waals surface area (Å²) in [6.45, 7) is 2.31. The first-order valence-electron chi connectivity index (χ1n) is 9.63. The molecule has 1 saturated heterocycles. The first-order chi connectivity index (χ1) is 12.9. The molecule has 0 aromatic carbocycles. The molecule has 0 aromatic rings. The lowest BCUT2D eigenvalue weighted by atomic mass is 9.65. The number of hydrogen-bond acceptors (Lipinski definition) is 5. The van der Waals surface area contributed by atoms with E-state index in [1.165, 1.54) is 4.90 Å². The molecule has 4 N–H and O–H groups in total. The number of aliphatic hydroxyl groups is 1. The van der Waals surface area contributed by atoms with Gasteiger partial charge in [0.15, 0.2) is 6.10 Å². The van der Waals surface area contributed by atoms with Crippen molar-refractivity contribution in [3.63, 3.8) is 0 Å². The molecule has 1 aliphatic heterocycles. The van der Waals surface area contributed by atoms with E-state index >= 15 is 0 Å². The minimum atomic E-state index is -1.31. The predicted molar refractivity (Wildman–Crippen MR) is 95.2 cm³/mol. The molecule has 0 radical (unpaired) electrons. The molecule has 4 amide bonds. The van der Waals surface area contributed by atoms with E-state index in [2.05, 4.69) is 16.0 Å². The lowest BCUT2D eigenvalue weighted by molar-refractivity contribution is -0.146. The number of rotatable bonds is 8. The molecule has 2 unspecified atom stereocenters. The number of nitrogens with one attached hydrogen (secondary N) is 3. The highest BCUT2D eigenvalue weighted by Crippen LogP contribution is 2.41. The maximum Gasteiger partial charge on any atom is 0.251 e. The fourth-order valence-electron chi connectivity index (χ4n) is 4.23. The Labute approximate surface area is 158 Å². The molecule has 27 heavy (non-hydrogen) atoms. The third-order valence-corrected chi connectivity index (χ3v) is 5.71. The van der Waals surface area contributed by atoms with E-state index in [1.54, 1.807) is 0 Å². The SMILES string of the molecule is CC1CC(NC(=O)C2CCCN2C(=O)CNC=O)(C(O)C(=O)NC2CC2)C1. The molecular formula is C18H28N4O5. The van der Waals surface area contributed by atoms with Crippen molar-refractivity contribution in [3.05, 3.63) is 0 Å². The summed E-state index contributed by atoms with van der Waals surface area (Å²) >= 11 is 0. The van der Waals surface area contributed by atoms with E-state index in [4.69, 9.17) is 0 Å². The topological polar surface area (TPSA) is 128 Å². The number of nitrogens with zero attached hydrogens (tertiary/aromatic N) is 1. The Morgan fingerprint density at radius 3 is 2.56 bits per heavy atom. The number of likely N-dealkylation sites (tertiary alicyclic amines) is 1. The van der Waals surface area contributed by atoms with Crippen LogP contribution in [-0.4, -0.2) is 71.0 Å². The van der Waals surface area contributed by atoms with E-state index in [1.807, 2.05) is 6.92 Å². The largest absolute Gasteiger partial charge is 0.381 e. The van der Waals surface area contributed by atoms with Crippen LogP contribution in [0.3, 0.4) is 0 Å². The predicted octanol–water partition coefficient (Wildman–Crippen LogP) is -1.35. The van der Waals surface area contributed by atoms with Gasteiger partial charge in [0.25, 0.3) is 5.91 Å². The second-order valence-corrected chi connectivity index (χ2v) is 8.09. The number of hydrogen-bond donors (Lipinski definition) is 4. The summed E-state index contributed by atoms with van der Waals surface area (Å²) in [6.07, 6.45) is 3.23. The highest BCUT2D eigenvalue weighted by atomic mass is 16.3. The molecule has 0 spiro atoms. The van der Waals surface area contributed by atoms with Crippen LogP contribution in [0.5, 0.6) is 0 Å². The smallest absolute Gasteiger partial charge is 0.251 e. The highest BCUT2D eigenvalue weighted by molar-refractivity contribution is 5.91. The number of carbonyl (C=O) groups is 4. The Morgan fingerprint density at radius 2 is 1.96 bits per heavy atom. The van der Waals surface area contributed by atoms with Gasteiger partial charge in [0.2, 0.25) is 18.2 Å². The van der Waals surface area contributed by atoms with Gasteiger partial charge in [-0.3, -0.25) is 19.2 Å². The number of amides is 4. The number of aliphatic hydroxyl groups excluding tert-OH is 1. The van der Waals surface area contributed by atoms with Crippen molar-refractivity contribution in [3.8, 4) is 0 Å². The summed E-state index contributed by atoms with van der Waals surface area (Å²) in [6, 6.07) is -0.511. The van der Waals surface area contributed by atoms with Crippen LogP contribution in [-0.2, 0) is 19.2 Å². The molecule has 150 valence electrons. The minimum absolute atomic E-state index is 0.130. The highest BCUT2D eigenvalue weighted by Gasteiger charge is 2.53. The van der Waals surface area contributed by atoms with Gasteiger partial charge in [-0.05, 0) is 44.4 Å². The second kappa shape index (κ2) is 7.84. The van der Waals surface area contributed by atoms with E-state index in [9.17, 15) is 24.3 Å². The van der Waals surface area contributed by atoms with Gasteiger partial charge in [-0.1, -0.05) is 6.92 Å². The summed E-state index contributed by atoms with van der Waals surface area (Å²) in [7, 11) is 0. The average molecular weight is 380 g/mol. The summed E-state index contributed by atoms with van der Waals surface area (Å²) < 4.78 is 0. The summed E-state index contributed by atoms with van der Waals surface area (Å²) in [5.74, 6) is -0.814. The van der Waals surface area contributed by atoms with E-state index in [-0.39, 0.29) is 24.4 Å². The third-order valence-electron chi connectivity index (χ3n) is 5.71. The van der Waals surface area contributed by atoms with Gasteiger partial charge in [0.05, 0.1) is 12.1 Å². The maximum absolute atomic E-state index is 12.9. The molecule has 0 bridgehead atoms. The Balaban J connectivity index is 1.64. The molecule has 0 aromatic heterocycles. The van der Waals surface area contributed by atoms with Crippen molar-refractivity contribution in [2.75, 3.05) is 13.1 Å². The molecule has 2 aliphatic carbocycles. The van der Waals surface area contributed by atoms with Crippen molar-refractivity contribution in [1.82, 2.24) is 20.9 Å². The Kier molecular flexibility index (Phi) is 5.69. The molecule has 2 saturated carbocycles. The van der Waals surface area contributed by atoms with Gasteiger partial charge in [-0.25, -0.2) is 0 Å². The van der Waals surface area contributed by atoms with Crippen molar-refractivity contribution in [1.29, 1.82) is 0 Å². The zero-order chi connectivity index (χ0) is 19.6. The van der Waals surface area contributed by atoms with Crippen molar-refractivity contribution in [2.45, 2.75) is 69.2 Å². The van der Waals surface area contributed by atoms with Gasteiger partial charge >= 0.3 is 0 Å². The molecule has 9 nitrogen and oxygen atoms in total. The molecule has 3 aliphatic rings. The average Bonchev–Trinajstić information content (AvgIpc) is 3.28. The van der Waals surface area contributed by atoms with Gasteiger partial charge in [-0.2, -0.15) is 0 Å². The quantitative estimate of drug-likeness (QED) is 0.387. The fourth-order valence-corrected chi connectivity index (χ4v) is 4.23. The van der Waals surface area contributed by atoms with Crippen molar-refractivity contribution < 1.29 is 24.3 Å². The molecule has 3 fully saturated rings. The van der Waals surface area contributed by atoms with Crippen LogP contribution in [0.15, 0.2) is 0 Å². The van der Waals surface area contributed by atoms with E-state index < -0.39 is 23.6 Å². The zero-order valence-electron chi connectivity index (χ0n) is 15.6. The lowest BCUT2D eigenvalue weighted by Gasteiger charge is -2.49. The van der Waals surface area contributed by atoms with Gasteiger partial charge in [-0.15, -0.1) is 0 Å². The normalized spacial score (nSPS) is 30.8. The van der Waals surface area contributed by atoms with Crippen LogP contribution < -0.4 is 16.0 Å². The summed E-state index contributed by atoms with van der Waals surface area (Å²) in [5.41, 5.74) is -0.978. The van der Waals surface area contributed by atoms with Gasteiger partial charge in [0.1, 0.15) is 6.04 Å². The van der Waals surface area contributed by atoms with Gasteiger partial charge in [0, 0.05) is 12.6 Å². The summed E-state index contributed by atoms with van der Waals surface area (Å²) in [4.78, 5) is 49.2. The number of carbonyl (C=O) groups excluding carboxylic acids is 4. The van der Waals surface area contributed by atoms with E-state index in [0.717, 1.165) is 12.8 Å². The molecular weight excluding hydrogens is 352 g/mol. The van der Waals surface area contributed by atoms with Crippen LogP contribution in [0.2, 0.25) is 0 Å². The van der Waals surface area contributed by atoms with Crippen LogP contribution in [0.1, 0.15) is 45.4 Å². The van der Waals surface area contributed by atoms with Gasteiger partial charge < -0.3 is 26.0 Å². The van der Waals surface area contributed by atoms with Crippen molar-refractivity contribution in [2.24, 2.45) is 5.92 Å². The van der Waals surface area contributed by atoms with Crippen molar-refractivity contribution >= 4 is 24.1 Å². The fraction of sp³-hybridized carbons (Fsp3) is 0.778. The Morgan fingerprint density at radius 1 is 1.26 bits per heavy atom. The molecule has 2 atom stereocenters. The van der Waals surface area contributed by atoms with Crippen LogP contribution in [0.25, 0.3) is 0 Å². The monoisotopic (exact) mass is 380 g/mol. The van der Waals surface area contributed by atoms with Crippen LogP contribution in [0.4, 0.5) is 0 Å². The van der Waals surface area contributed by atoms with E-state index in [0.29, 0.717) is 44.6 Å². The maximum atomic E-state index is 12.9. The first kappa shape index (κ1) is 19.6. The Hall–Kier alpha value is -2.16. The standard InChI is InChI=1S/C18H28N4O5/c1-11-7-18(8-11,15(25)17(27)20-12-4-5-12)21-16(26)13-3-2-6-22(13)14(24)9-19-10-23/h10-13,15,25H,2-9H2,1H3,(H,19,23)(H,20,27)(H,21,26). The van der Waals surface area contributed by atoms with Crippen LogP contribution in [0, 0.1) is 5.92 Å².